The van der Waals surface area contributed by atoms with E-state index in [2.05, 4.69) is 9.97 Å². The zero-order valence-electron chi connectivity index (χ0n) is 10.1. The number of halogens is 1. The van der Waals surface area contributed by atoms with Gasteiger partial charge in [-0.1, -0.05) is 30.0 Å². The summed E-state index contributed by atoms with van der Waals surface area (Å²) < 4.78 is 12.9. The molecular weight excluding hydrogens is 261 g/mol. The van der Waals surface area contributed by atoms with Crippen molar-refractivity contribution in [2.24, 2.45) is 0 Å². The maximum Gasteiger partial charge on any atom is 0.166 e. The molecule has 0 radical (unpaired) electrons. The molecular formula is C14H12FN3S. The van der Waals surface area contributed by atoms with Gasteiger partial charge in [0.15, 0.2) is 5.16 Å². The summed E-state index contributed by atoms with van der Waals surface area (Å²) in [5.74, 6) is 0.348. The number of imidazole rings is 1. The van der Waals surface area contributed by atoms with Gasteiger partial charge in [-0.15, -0.1) is 0 Å². The molecule has 0 aliphatic heterocycles. The van der Waals surface area contributed by atoms with Crippen LogP contribution in [0.15, 0.2) is 47.6 Å². The van der Waals surface area contributed by atoms with Crippen LogP contribution in [0.1, 0.15) is 5.56 Å². The lowest BCUT2D eigenvalue weighted by Gasteiger charge is -2.03. The molecule has 1 heterocycles. The second-order valence-corrected chi connectivity index (χ2v) is 5.15. The fourth-order valence-corrected chi connectivity index (χ4v) is 2.74. The number of hydrogen-bond acceptors (Lipinski definition) is 3. The van der Waals surface area contributed by atoms with E-state index in [1.54, 1.807) is 17.8 Å². The van der Waals surface area contributed by atoms with Crippen molar-refractivity contribution in [3.63, 3.8) is 0 Å². The van der Waals surface area contributed by atoms with Gasteiger partial charge in [-0.3, -0.25) is 0 Å². The second kappa shape index (κ2) is 4.93. The third-order valence-corrected chi connectivity index (χ3v) is 3.76. The first-order chi connectivity index (χ1) is 9.22. The van der Waals surface area contributed by atoms with E-state index in [1.807, 2.05) is 24.3 Å². The first kappa shape index (κ1) is 12.0. The minimum Gasteiger partial charge on any atom is -0.398 e. The highest BCUT2D eigenvalue weighted by molar-refractivity contribution is 7.98. The van der Waals surface area contributed by atoms with E-state index < -0.39 is 0 Å². The molecule has 19 heavy (non-hydrogen) atoms. The summed E-state index contributed by atoms with van der Waals surface area (Å²) in [6.45, 7) is 0. The summed E-state index contributed by atoms with van der Waals surface area (Å²) in [6, 6.07) is 12.3. The Balaban J connectivity index is 1.78. The number of aromatic nitrogens is 2. The molecule has 0 unspecified atom stereocenters. The summed E-state index contributed by atoms with van der Waals surface area (Å²) in [5, 5.41) is 0.838. The number of H-pyrrole nitrogens is 1. The van der Waals surface area contributed by atoms with Crippen LogP contribution in [0.25, 0.3) is 11.0 Å². The average molecular weight is 273 g/mol. The molecule has 3 rings (SSSR count). The van der Waals surface area contributed by atoms with Crippen LogP contribution >= 0.6 is 11.8 Å². The van der Waals surface area contributed by atoms with Crippen LogP contribution in [0.2, 0.25) is 0 Å². The largest absolute Gasteiger partial charge is 0.398 e. The molecule has 0 saturated carbocycles. The van der Waals surface area contributed by atoms with Crippen LogP contribution in [-0.4, -0.2) is 9.97 Å². The molecule has 1 aromatic heterocycles. The Bertz CT molecular complexity index is 691. The number of thioether (sulfide) groups is 1. The number of hydrogen-bond donors (Lipinski definition) is 2. The van der Waals surface area contributed by atoms with Crippen molar-refractivity contribution in [2.45, 2.75) is 10.9 Å². The molecule has 0 aliphatic rings. The number of nitrogens with two attached hydrogens (primary N) is 1. The Morgan fingerprint density at radius 2 is 2.05 bits per heavy atom. The Kier molecular flexibility index (Phi) is 3.13. The van der Waals surface area contributed by atoms with Gasteiger partial charge in [0.25, 0.3) is 0 Å². The molecule has 0 aliphatic carbocycles. The Morgan fingerprint density at radius 3 is 2.84 bits per heavy atom. The van der Waals surface area contributed by atoms with Crippen molar-refractivity contribution < 1.29 is 4.39 Å². The molecule has 0 fully saturated rings. The van der Waals surface area contributed by atoms with Crippen LogP contribution in [-0.2, 0) is 5.75 Å². The Labute approximate surface area is 114 Å². The summed E-state index contributed by atoms with van der Waals surface area (Å²) in [4.78, 5) is 7.70. The standard InChI is InChI=1S/C14H12FN3S/c15-10-6-5-9(11(16)7-10)8-19-14-17-12-3-1-2-4-13(12)18-14/h1-7H,8,16H2,(H,17,18). The van der Waals surface area contributed by atoms with Crippen LogP contribution in [0, 0.1) is 5.82 Å². The highest BCUT2D eigenvalue weighted by Gasteiger charge is 2.05. The van der Waals surface area contributed by atoms with E-state index in [0.717, 1.165) is 21.8 Å². The number of aromatic amines is 1. The maximum absolute atomic E-state index is 12.9. The predicted octanol–water partition coefficient (Wildman–Crippen LogP) is 3.58. The fraction of sp³-hybridized carbons (Fsp3) is 0.0714. The van der Waals surface area contributed by atoms with Gasteiger partial charge in [-0.25, -0.2) is 9.37 Å². The van der Waals surface area contributed by atoms with Crippen molar-refractivity contribution in [3.8, 4) is 0 Å². The average Bonchev–Trinajstić information content (AvgIpc) is 2.80. The second-order valence-electron chi connectivity index (χ2n) is 4.19. The first-order valence-electron chi connectivity index (χ1n) is 5.84. The van der Waals surface area contributed by atoms with E-state index in [-0.39, 0.29) is 5.82 Å². The van der Waals surface area contributed by atoms with Crippen LogP contribution in [0.5, 0.6) is 0 Å². The molecule has 3 N–H and O–H groups in total. The molecule has 0 spiro atoms. The highest BCUT2D eigenvalue weighted by Crippen LogP contribution is 2.25. The molecule has 0 bridgehead atoms. The van der Waals surface area contributed by atoms with Gasteiger partial charge in [-0.05, 0) is 29.8 Å². The number of nitrogens with zero attached hydrogens (tertiary/aromatic N) is 1. The van der Waals surface area contributed by atoms with Crippen LogP contribution in [0.3, 0.4) is 0 Å². The molecule has 5 heteroatoms. The number of benzene rings is 2. The number of rotatable bonds is 3. The topological polar surface area (TPSA) is 54.7 Å². The lowest BCUT2D eigenvalue weighted by Crippen LogP contribution is -1.93. The summed E-state index contributed by atoms with van der Waals surface area (Å²) in [5.41, 5.74) is 9.11. The van der Waals surface area contributed by atoms with E-state index in [1.165, 1.54) is 12.1 Å². The van der Waals surface area contributed by atoms with E-state index in [9.17, 15) is 4.39 Å². The molecule has 0 saturated heterocycles. The number of nitrogen functional groups attached to an aromatic ring is 1. The van der Waals surface area contributed by atoms with Gasteiger partial charge >= 0.3 is 0 Å². The van der Waals surface area contributed by atoms with Crippen LogP contribution < -0.4 is 5.73 Å². The molecule has 3 aromatic rings. The third kappa shape index (κ3) is 2.56. The van der Waals surface area contributed by atoms with Gasteiger partial charge in [0.05, 0.1) is 11.0 Å². The highest BCUT2D eigenvalue weighted by atomic mass is 32.2. The van der Waals surface area contributed by atoms with E-state index in [0.29, 0.717) is 11.4 Å². The summed E-state index contributed by atoms with van der Waals surface area (Å²) in [7, 11) is 0. The van der Waals surface area contributed by atoms with E-state index in [4.69, 9.17) is 5.73 Å². The van der Waals surface area contributed by atoms with Gasteiger partial charge in [0, 0.05) is 11.4 Å². The smallest absolute Gasteiger partial charge is 0.166 e. The normalized spacial score (nSPS) is 11.0. The van der Waals surface area contributed by atoms with Crippen molar-refractivity contribution in [2.75, 3.05) is 5.73 Å². The van der Waals surface area contributed by atoms with Gasteiger partial charge in [-0.2, -0.15) is 0 Å². The zero-order chi connectivity index (χ0) is 13.2. The quantitative estimate of drug-likeness (QED) is 0.566. The molecule has 2 aromatic carbocycles. The number of fused-ring (bicyclic) bond motifs is 1. The SMILES string of the molecule is Nc1cc(F)ccc1CSc1nc2ccccc2[nH]1. The van der Waals surface area contributed by atoms with Gasteiger partial charge in [0.1, 0.15) is 5.82 Å². The molecule has 0 atom stereocenters. The minimum absolute atomic E-state index is 0.310. The zero-order valence-corrected chi connectivity index (χ0v) is 10.9. The lowest BCUT2D eigenvalue weighted by molar-refractivity contribution is 0.628. The lowest BCUT2D eigenvalue weighted by atomic mass is 10.2. The van der Waals surface area contributed by atoms with Gasteiger partial charge < -0.3 is 10.7 Å². The fourth-order valence-electron chi connectivity index (χ4n) is 1.84. The summed E-state index contributed by atoms with van der Waals surface area (Å²) in [6.07, 6.45) is 0. The van der Waals surface area contributed by atoms with Crippen molar-refractivity contribution >= 4 is 28.5 Å². The van der Waals surface area contributed by atoms with Crippen molar-refractivity contribution in [1.29, 1.82) is 0 Å². The van der Waals surface area contributed by atoms with Crippen LogP contribution in [0.4, 0.5) is 10.1 Å². The number of nitrogens with one attached hydrogen (secondary N) is 1. The third-order valence-electron chi connectivity index (χ3n) is 2.84. The molecule has 3 nitrogen and oxygen atoms in total. The first-order valence-corrected chi connectivity index (χ1v) is 6.82. The number of para-hydroxylation sites is 2. The van der Waals surface area contributed by atoms with Crippen molar-refractivity contribution in [1.82, 2.24) is 9.97 Å². The molecule has 0 amide bonds. The summed E-state index contributed by atoms with van der Waals surface area (Å²) >= 11 is 1.55. The van der Waals surface area contributed by atoms with Crippen molar-refractivity contribution in [3.05, 3.63) is 53.8 Å². The minimum atomic E-state index is -0.310. The Morgan fingerprint density at radius 1 is 1.21 bits per heavy atom. The maximum atomic E-state index is 12.9. The molecule has 96 valence electrons. The predicted molar refractivity (Wildman–Crippen MR) is 76.5 cm³/mol. The monoisotopic (exact) mass is 273 g/mol. The Hall–Kier alpha value is -2.01. The van der Waals surface area contributed by atoms with E-state index >= 15 is 0 Å². The van der Waals surface area contributed by atoms with Gasteiger partial charge in [0.2, 0.25) is 0 Å². The number of anilines is 1.